The summed E-state index contributed by atoms with van der Waals surface area (Å²) >= 11 is 5.76. The Balaban J connectivity index is 2.88. The highest BCUT2D eigenvalue weighted by molar-refractivity contribution is 6.31. The van der Waals surface area contributed by atoms with Gasteiger partial charge in [-0.1, -0.05) is 17.7 Å². The number of nitrogens with one attached hydrogen (secondary N) is 1. The number of aromatic nitrogens is 1. The predicted molar refractivity (Wildman–Crippen MR) is 54.3 cm³/mol. The van der Waals surface area contributed by atoms with Crippen LogP contribution in [0.5, 0.6) is 0 Å². The van der Waals surface area contributed by atoms with Gasteiger partial charge in [0.2, 0.25) is 0 Å². The molecule has 0 fully saturated rings. The molecule has 0 aliphatic carbocycles. The monoisotopic (exact) mass is 204 g/mol. The molecule has 2 aromatic rings. The molecule has 1 aromatic carbocycles. The quantitative estimate of drug-likeness (QED) is 0.714. The van der Waals surface area contributed by atoms with Crippen LogP contribution in [0.1, 0.15) is 5.56 Å². The highest BCUT2D eigenvalue weighted by atomic mass is 35.5. The summed E-state index contributed by atoms with van der Waals surface area (Å²) in [6, 6.07) is 8.49. The zero-order valence-corrected chi connectivity index (χ0v) is 7.80. The van der Waals surface area contributed by atoms with Crippen LogP contribution in [0.25, 0.3) is 10.9 Å². The summed E-state index contributed by atoms with van der Waals surface area (Å²) in [4.78, 5) is 13.8. The van der Waals surface area contributed by atoms with Gasteiger partial charge in [-0.05, 0) is 23.6 Å². The number of rotatable bonds is 0. The lowest BCUT2D eigenvalue weighted by molar-refractivity contribution is 1.27. The fourth-order valence-electron chi connectivity index (χ4n) is 1.26. The fourth-order valence-corrected chi connectivity index (χ4v) is 1.43. The lowest BCUT2D eigenvalue weighted by Crippen LogP contribution is -2.09. The molecule has 68 valence electrons. The molecule has 1 heterocycles. The van der Waals surface area contributed by atoms with Crippen LogP contribution in [0, 0.1) is 11.3 Å². The Bertz CT molecular complexity index is 595. The zero-order valence-electron chi connectivity index (χ0n) is 7.04. The van der Waals surface area contributed by atoms with Crippen molar-refractivity contribution in [2.75, 3.05) is 0 Å². The second kappa shape index (κ2) is 3.17. The molecule has 0 radical (unpaired) electrons. The fraction of sp³-hybridized carbons (Fsp3) is 0. The molecule has 0 aliphatic heterocycles. The van der Waals surface area contributed by atoms with Crippen LogP contribution < -0.4 is 5.56 Å². The molecular formula is C10H5ClN2O. The Kier molecular flexibility index (Phi) is 1.99. The number of aromatic amines is 1. The first-order chi connectivity index (χ1) is 6.70. The van der Waals surface area contributed by atoms with Crippen LogP contribution in [0.15, 0.2) is 29.1 Å². The lowest BCUT2D eigenvalue weighted by Gasteiger charge is -1.98. The van der Waals surface area contributed by atoms with Crippen LogP contribution >= 0.6 is 11.6 Å². The molecule has 0 aliphatic rings. The van der Waals surface area contributed by atoms with E-state index >= 15 is 0 Å². The van der Waals surface area contributed by atoms with Crippen molar-refractivity contribution in [2.45, 2.75) is 0 Å². The van der Waals surface area contributed by atoms with Crippen molar-refractivity contribution in [1.29, 1.82) is 5.26 Å². The van der Waals surface area contributed by atoms with Gasteiger partial charge in [0.1, 0.15) is 11.6 Å². The molecule has 0 amide bonds. The van der Waals surface area contributed by atoms with E-state index in [1.54, 1.807) is 24.3 Å². The molecule has 4 heteroatoms. The molecule has 14 heavy (non-hydrogen) atoms. The number of pyridine rings is 1. The Hall–Kier alpha value is -1.79. The normalized spacial score (nSPS) is 10.0. The summed E-state index contributed by atoms with van der Waals surface area (Å²) in [6.07, 6.45) is 0. The molecule has 0 atom stereocenters. The van der Waals surface area contributed by atoms with E-state index in [1.165, 1.54) is 0 Å². The van der Waals surface area contributed by atoms with E-state index in [9.17, 15) is 4.79 Å². The maximum absolute atomic E-state index is 11.3. The molecule has 0 bridgehead atoms. The number of hydrogen-bond donors (Lipinski definition) is 1. The van der Waals surface area contributed by atoms with Crippen LogP contribution in [0.4, 0.5) is 0 Å². The standard InChI is InChI=1S/C10H5ClN2O/c11-8-2-1-6-3-7(5-12)10(14)13-9(6)4-8/h1-4H,(H,13,14). The Morgan fingerprint density at radius 2 is 2.14 bits per heavy atom. The van der Waals surface area contributed by atoms with Crippen LogP contribution in [-0.2, 0) is 0 Å². The van der Waals surface area contributed by atoms with Gasteiger partial charge in [0, 0.05) is 10.5 Å². The maximum Gasteiger partial charge on any atom is 0.266 e. The maximum atomic E-state index is 11.3. The Labute approximate surface area is 84.6 Å². The Morgan fingerprint density at radius 1 is 1.36 bits per heavy atom. The van der Waals surface area contributed by atoms with E-state index < -0.39 is 0 Å². The second-order valence-corrected chi connectivity index (χ2v) is 3.29. The largest absolute Gasteiger partial charge is 0.321 e. The van der Waals surface area contributed by atoms with Crippen molar-refractivity contribution >= 4 is 22.5 Å². The minimum Gasteiger partial charge on any atom is -0.321 e. The zero-order chi connectivity index (χ0) is 10.1. The molecule has 2 rings (SSSR count). The van der Waals surface area contributed by atoms with Crippen molar-refractivity contribution in [1.82, 2.24) is 4.98 Å². The van der Waals surface area contributed by atoms with Gasteiger partial charge in [-0.15, -0.1) is 0 Å². The lowest BCUT2D eigenvalue weighted by atomic mass is 10.2. The topological polar surface area (TPSA) is 56.6 Å². The number of benzene rings is 1. The number of halogens is 1. The third-order valence-corrected chi connectivity index (χ3v) is 2.16. The smallest absolute Gasteiger partial charge is 0.266 e. The molecule has 0 saturated carbocycles. The van der Waals surface area contributed by atoms with E-state index in [-0.39, 0.29) is 11.1 Å². The van der Waals surface area contributed by atoms with Crippen molar-refractivity contribution in [3.63, 3.8) is 0 Å². The van der Waals surface area contributed by atoms with Crippen LogP contribution in [0.2, 0.25) is 5.02 Å². The summed E-state index contributed by atoms with van der Waals surface area (Å²) < 4.78 is 0. The molecule has 1 N–H and O–H groups in total. The van der Waals surface area contributed by atoms with Crippen molar-refractivity contribution in [3.05, 3.63) is 45.2 Å². The average molecular weight is 205 g/mol. The first-order valence-corrected chi connectivity index (χ1v) is 4.31. The molecule has 0 spiro atoms. The minimum absolute atomic E-state index is 0.111. The number of H-pyrrole nitrogens is 1. The van der Waals surface area contributed by atoms with E-state index in [0.717, 1.165) is 5.39 Å². The predicted octanol–water partition coefficient (Wildman–Crippen LogP) is 2.05. The summed E-state index contributed by atoms with van der Waals surface area (Å²) in [6.45, 7) is 0. The van der Waals surface area contributed by atoms with Gasteiger partial charge < -0.3 is 4.98 Å². The van der Waals surface area contributed by atoms with E-state index in [4.69, 9.17) is 16.9 Å². The van der Waals surface area contributed by atoms with Crippen molar-refractivity contribution in [3.8, 4) is 6.07 Å². The second-order valence-electron chi connectivity index (χ2n) is 2.86. The van der Waals surface area contributed by atoms with Crippen LogP contribution in [-0.4, -0.2) is 4.98 Å². The van der Waals surface area contributed by atoms with E-state index in [2.05, 4.69) is 4.98 Å². The number of nitriles is 1. The van der Waals surface area contributed by atoms with Gasteiger partial charge in [0.15, 0.2) is 0 Å². The van der Waals surface area contributed by atoms with Crippen molar-refractivity contribution in [2.24, 2.45) is 0 Å². The van der Waals surface area contributed by atoms with Gasteiger partial charge in [0.05, 0.1) is 0 Å². The highest BCUT2D eigenvalue weighted by Gasteiger charge is 2.01. The average Bonchev–Trinajstić information content (AvgIpc) is 2.16. The Morgan fingerprint density at radius 3 is 2.86 bits per heavy atom. The van der Waals surface area contributed by atoms with Gasteiger partial charge in [-0.25, -0.2) is 0 Å². The summed E-state index contributed by atoms with van der Waals surface area (Å²) in [5, 5.41) is 9.99. The third kappa shape index (κ3) is 1.36. The molecule has 0 unspecified atom stereocenters. The first kappa shape index (κ1) is 8.79. The van der Waals surface area contributed by atoms with Crippen molar-refractivity contribution < 1.29 is 0 Å². The number of nitrogens with zero attached hydrogens (tertiary/aromatic N) is 1. The first-order valence-electron chi connectivity index (χ1n) is 3.93. The molecule has 3 nitrogen and oxygen atoms in total. The molecular weight excluding hydrogens is 200 g/mol. The third-order valence-electron chi connectivity index (χ3n) is 1.93. The summed E-state index contributed by atoms with van der Waals surface area (Å²) in [5.41, 5.74) is 0.364. The number of hydrogen-bond acceptors (Lipinski definition) is 2. The summed E-state index contributed by atoms with van der Waals surface area (Å²) in [5.74, 6) is 0. The van der Waals surface area contributed by atoms with Crippen LogP contribution in [0.3, 0.4) is 0 Å². The highest BCUT2D eigenvalue weighted by Crippen LogP contribution is 2.16. The minimum atomic E-state index is -0.387. The van der Waals surface area contributed by atoms with Gasteiger partial charge in [0.25, 0.3) is 5.56 Å². The van der Waals surface area contributed by atoms with Gasteiger partial charge in [-0.3, -0.25) is 4.79 Å². The molecule has 0 saturated heterocycles. The molecule has 1 aromatic heterocycles. The van der Waals surface area contributed by atoms with Gasteiger partial charge in [-0.2, -0.15) is 5.26 Å². The van der Waals surface area contributed by atoms with E-state index in [0.29, 0.717) is 10.5 Å². The van der Waals surface area contributed by atoms with Gasteiger partial charge >= 0.3 is 0 Å². The van der Waals surface area contributed by atoms with E-state index in [1.807, 2.05) is 6.07 Å². The SMILES string of the molecule is N#Cc1cc2ccc(Cl)cc2[nH]c1=O. The summed E-state index contributed by atoms with van der Waals surface area (Å²) in [7, 11) is 0. The number of fused-ring (bicyclic) bond motifs is 1.